The third-order valence-corrected chi connectivity index (χ3v) is 4.09. The molecule has 0 saturated heterocycles. The average molecular weight is 313 g/mol. The van der Waals surface area contributed by atoms with Crippen LogP contribution in [-0.2, 0) is 22.6 Å². The number of phenols is 2. The Morgan fingerprint density at radius 3 is 2.65 bits per heavy atom. The number of ether oxygens (including phenoxy) is 1. The summed E-state index contributed by atoms with van der Waals surface area (Å²) in [6, 6.07) is 12.0. The summed E-state index contributed by atoms with van der Waals surface area (Å²) >= 11 is 0. The highest BCUT2D eigenvalue weighted by molar-refractivity contribution is 5.77. The predicted molar refractivity (Wildman–Crippen MR) is 85.1 cm³/mol. The minimum absolute atomic E-state index is 0.112. The van der Waals surface area contributed by atoms with E-state index in [0.717, 1.165) is 16.7 Å². The van der Waals surface area contributed by atoms with Gasteiger partial charge in [-0.15, -0.1) is 0 Å². The van der Waals surface area contributed by atoms with Gasteiger partial charge in [0.15, 0.2) is 11.5 Å². The first-order valence-corrected chi connectivity index (χ1v) is 7.56. The molecule has 2 aromatic rings. The molecule has 0 amide bonds. The van der Waals surface area contributed by atoms with E-state index in [1.807, 2.05) is 37.3 Å². The van der Waals surface area contributed by atoms with Crippen LogP contribution in [0.3, 0.4) is 0 Å². The van der Waals surface area contributed by atoms with E-state index in [-0.39, 0.29) is 30.1 Å². The fourth-order valence-electron chi connectivity index (χ4n) is 2.87. The number of hydrogen-bond acceptors (Lipinski definition) is 5. The minimum Gasteiger partial charge on any atom is -0.504 e. The molecule has 1 heterocycles. The summed E-state index contributed by atoms with van der Waals surface area (Å²) in [6.07, 6.45) is 0.418. The Morgan fingerprint density at radius 1 is 1.22 bits per heavy atom. The molecule has 23 heavy (non-hydrogen) atoms. The second kappa shape index (κ2) is 6.30. The highest BCUT2D eigenvalue weighted by Crippen LogP contribution is 2.34. The number of esters is 1. The van der Waals surface area contributed by atoms with Crippen molar-refractivity contribution in [1.82, 2.24) is 5.32 Å². The second-order valence-corrected chi connectivity index (χ2v) is 5.78. The summed E-state index contributed by atoms with van der Waals surface area (Å²) < 4.78 is 5.37. The minimum atomic E-state index is -0.467. The van der Waals surface area contributed by atoms with E-state index in [1.54, 1.807) is 0 Å². The first-order valence-electron chi connectivity index (χ1n) is 7.56. The van der Waals surface area contributed by atoms with Crippen molar-refractivity contribution in [2.75, 3.05) is 0 Å². The maximum Gasteiger partial charge on any atom is 0.323 e. The number of carbonyl (C=O) groups is 1. The van der Waals surface area contributed by atoms with Crippen LogP contribution in [0.5, 0.6) is 11.5 Å². The van der Waals surface area contributed by atoms with Gasteiger partial charge in [0.2, 0.25) is 0 Å². The molecule has 2 aromatic carbocycles. The van der Waals surface area contributed by atoms with Gasteiger partial charge in [0, 0.05) is 6.04 Å². The number of carbonyl (C=O) groups excluding carboxylic acids is 1. The van der Waals surface area contributed by atoms with E-state index < -0.39 is 6.04 Å². The number of fused-ring (bicyclic) bond motifs is 1. The molecule has 5 heteroatoms. The van der Waals surface area contributed by atoms with Crippen LogP contribution in [0.1, 0.15) is 29.7 Å². The third-order valence-electron chi connectivity index (χ3n) is 4.09. The van der Waals surface area contributed by atoms with Crippen molar-refractivity contribution in [2.24, 2.45) is 0 Å². The van der Waals surface area contributed by atoms with E-state index in [9.17, 15) is 15.0 Å². The normalized spacial score (nSPS) is 19.9. The number of aromatic hydroxyl groups is 2. The smallest absolute Gasteiger partial charge is 0.323 e. The largest absolute Gasteiger partial charge is 0.504 e. The number of rotatable bonds is 3. The van der Waals surface area contributed by atoms with Gasteiger partial charge < -0.3 is 14.9 Å². The van der Waals surface area contributed by atoms with E-state index in [0.29, 0.717) is 6.42 Å². The van der Waals surface area contributed by atoms with Gasteiger partial charge in [-0.25, -0.2) is 0 Å². The topological polar surface area (TPSA) is 78.8 Å². The van der Waals surface area contributed by atoms with E-state index in [1.165, 1.54) is 12.1 Å². The summed E-state index contributed by atoms with van der Waals surface area (Å²) in [6.45, 7) is 2.14. The molecule has 1 aliphatic heterocycles. The Morgan fingerprint density at radius 2 is 1.91 bits per heavy atom. The molecule has 0 spiro atoms. The van der Waals surface area contributed by atoms with Gasteiger partial charge in [-0.3, -0.25) is 10.1 Å². The highest BCUT2D eigenvalue weighted by Gasteiger charge is 2.30. The highest BCUT2D eigenvalue weighted by atomic mass is 16.5. The summed E-state index contributed by atoms with van der Waals surface area (Å²) in [5, 5.41) is 22.4. The van der Waals surface area contributed by atoms with Gasteiger partial charge >= 0.3 is 5.97 Å². The molecule has 0 fully saturated rings. The molecule has 3 rings (SSSR count). The van der Waals surface area contributed by atoms with Crippen molar-refractivity contribution in [3.63, 3.8) is 0 Å². The molecule has 0 radical (unpaired) electrons. The molecule has 5 nitrogen and oxygen atoms in total. The SMILES string of the molecule is CC1NC(C(=O)OCc2ccccc2)Cc2cc(O)c(O)cc21. The average Bonchev–Trinajstić information content (AvgIpc) is 2.55. The van der Waals surface area contributed by atoms with E-state index in [4.69, 9.17) is 4.74 Å². The van der Waals surface area contributed by atoms with Crippen molar-refractivity contribution in [3.05, 3.63) is 59.2 Å². The fourth-order valence-corrected chi connectivity index (χ4v) is 2.87. The lowest BCUT2D eigenvalue weighted by molar-refractivity contribution is -0.147. The monoisotopic (exact) mass is 313 g/mol. The lowest BCUT2D eigenvalue weighted by atomic mass is 9.90. The summed E-state index contributed by atoms with van der Waals surface area (Å²) in [5.41, 5.74) is 2.66. The number of hydrogen-bond donors (Lipinski definition) is 3. The number of benzene rings is 2. The van der Waals surface area contributed by atoms with Crippen LogP contribution in [0.4, 0.5) is 0 Å². The van der Waals surface area contributed by atoms with Crippen LogP contribution in [-0.4, -0.2) is 22.2 Å². The van der Waals surface area contributed by atoms with Gasteiger partial charge in [-0.1, -0.05) is 30.3 Å². The lowest BCUT2D eigenvalue weighted by Gasteiger charge is -2.30. The van der Waals surface area contributed by atoms with Crippen LogP contribution >= 0.6 is 0 Å². The molecule has 2 atom stereocenters. The Balaban J connectivity index is 1.69. The standard InChI is InChI=1S/C18H19NO4/c1-11-14-9-17(21)16(20)8-13(14)7-15(19-11)18(22)23-10-12-5-3-2-4-6-12/h2-6,8-9,11,15,19-21H,7,10H2,1H3. The van der Waals surface area contributed by atoms with Crippen LogP contribution in [0, 0.1) is 0 Å². The fraction of sp³-hybridized carbons (Fsp3) is 0.278. The molecular formula is C18H19NO4. The Labute approximate surface area is 134 Å². The molecule has 0 saturated carbocycles. The van der Waals surface area contributed by atoms with Crippen molar-refractivity contribution in [1.29, 1.82) is 0 Å². The molecule has 120 valence electrons. The Kier molecular flexibility index (Phi) is 4.21. The summed E-state index contributed by atoms with van der Waals surface area (Å²) in [5.74, 6) is -0.643. The number of nitrogens with one attached hydrogen (secondary N) is 1. The molecular weight excluding hydrogens is 294 g/mol. The molecule has 0 aliphatic carbocycles. The molecule has 3 N–H and O–H groups in total. The van der Waals surface area contributed by atoms with Crippen LogP contribution < -0.4 is 5.32 Å². The zero-order valence-electron chi connectivity index (χ0n) is 12.8. The van der Waals surface area contributed by atoms with Crippen LogP contribution in [0.25, 0.3) is 0 Å². The lowest BCUT2D eigenvalue weighted by Crippen LogP contribution is -2.44. The summed E-state index contributed by atoms with van der Waals surface area (Å²) in [7, 11) is 0. The molecule has 1 aliphatic rings. The first-order chi connectivity index (χ1) is 11.0. The van der Waals surface area contributed by atoms with Crippen molar-refractivity contribution < 1.29 is 19.7 Å². The van der Waals surface area contributed by atoms with Crippen LogP contribution in [0.2, 0.25) is 0 Å². The molecule has 0 bridgehead atoms. The van der Waals surface area contributed by atoms with E-state index in [2.05, 4.69) is 5.32 Å². The Bertz CT molecular complexity index is 714. The quantitative estimate of drug-likeness (QED) is 0.599. The van der Waals surface area contributed by atoms with Gasteiger partial charge in [-0.05, 0) is 42.2 Å². The van der Waals surface area contributed by atoms with Crippen molar-refractivity contribution >= 4 is 5.97 Å². The van der Waals surface area contributed by atoms with Gasteiger partial charge in [-0.2, -0.15) is 0 Å². The summed E-state index contributed by atoms with van der Waals surface area (Å²) in [4.78, 5) is 12.3. The van der Waals surface area contributed by atoms with Gasteiger partial charge in [0.25, 0.3) is 0 Å². The maximum atomic E-state index is 12.3. The zero-order chi connectivity index (χ0) is 16.4. The third kappa shape index (κ3) is 3.29. The number of phenolic OH excluding ortho intramolecular Hbond substituents is 2. The van der Waals surface area contributed by atoms with Crippen LogP contribution in [0.15, 0.2) is 42.5 Å². The predicted octanol–water partition coefficient (Wildman–Crippen LogP) is 2.42. The zero-order valence-corrected chi connectivity index (χ0v) is 12.8. The van der Waals surface area contributed by atoms with Gasteiger partial charge in [0.05, 0.1) is 0 Å². The molecule has 2 unspecified atom stereocenters. The second-order valence-electron chi connectivity index (χ2n) is 5.78. The van der Waals surface area contributed by atoms with Crippen molar-refractivity contribution in [2.45, 2.75) is 32.0 Å². The first kappa shape index (κ1) is 15.4. The van der Waals surface area contributed by atoms with E-state index >= 15 is 0 Å². The van der Waals surface area contributed by atoms with Crippen molar-refractivity contribution in [3.8, 4) is 11.5 Å². The maximum absolute atomic E-state index is 12.3. The molecule has 0 aromatic heterocycles. The Hall–Kier alpha value is -2.53. The van der Waals surface area contributed by atoms with Gasteiger partial charge in [0.1, 0.15) is 12.6 Å².